The molecule has 0 aromatic heterocycles. The first-order chi connectivity index (χ1) is 14.8. The van der Waals surface area contributed by atoms with E-state index in [1.807, 2.05) is 44.2 Å². The lowest BCUT2D eigenvalue weighted by Crippen LogP contribution is -2.51. The Morgan fingerprint density at radius 3 is 2.39 bits per heavy atom. The van der Waals surface area contributed by atoms with Gasteiger partial charge in [-0.25, -0.2) is 10.3 Å². The Hall–Kier alpha value is -3.24. The molecule has 1 fully saturated rings. The predicted octanol–water partition coefficient (Wildman–Crippen LogP) is 0.818. The Labute approximate surface area is 180 Å². The topological polar surface area (TPSA) is 148 Å². The van der Waals surface area contributed by atoms with Gasteiger partial charge in [0.25, 0.3) is 5.91 Å². The van der Waals surface area contributed by atoms with E-state index in [0.717, 1.165) is 5.56 Å². The highest BCUT2D eigenvalue weighted by Gasteiger charge is 2.41. The third-order valence-corrected chi connectivity index (χ3v) is 4.92. The zero-order valence-corrected chi connectivity index (χ0v) is 17.4. The molecule has 1 aliphatic rings. The molecule has 0 saturated carbocycles. The van der Waals surface area contributed by atoms with E-state index in [1.54, 1.807) is 17.6 Å². The van der Waals surface area contributed by atoms with Gasteiger partial charge in [-0.2, -0.15) is 5.01 Å². The Kier molecular flexibility index (Phi) is 8.71. The predicted molar refractivity (Wildman–Crippen MR) is 111 cm³/mol. The fraction of sp³-hybridized carbons (Fsp3) is 0.429. The highest BCUT2D eigenvalue weighted by Crippen LogP contribution is 2.26. The molecule has 1 saturated heterocycles. The maximum Gasteiger partial charge on any atom is 0.344 e. The number of hydrogen-bond donors (Lipinski definition) is 5. The molecule has 1 aliphatic heterocycles. The SMILES string of the molecule is CC(C)C[C@@H](C(=O)NN1C(=O)N[C@@H](CO)C1=O)[C@H](C/C=C/c1ccccc1)C(=O)NO. The van der Waals surface area contributed by atoms with Gasteiger partial charge in [0.05, 0.1) is 18.4 Å². The van der Waals surface area contributed by atoms with Crippen LogP contribution in [0.2, 0.25) is 0 Å². The smallest absolute Gasteiger partial charge is 0.344 e. The molecule has 0 spiro atoms. The number of aliphatic hydroxyl groups excluding tert-OH is 1. The average Bonchev–Trinajstić information content (AvgIpc) is 3.03. The number of hydrogen-bond acceptors (Lipinski definition) is 6. The van der Waals surface area contributed by atoms with E-state index >= 15 is 0 Å². The van der Waals surface area contributed by atoms with Crippen LogP contribution in [-0.4, -0.2) is 51.7 Å². The quantitative estimate of drug-likeness (QED) is 0.210. The minimum absolute atomic E-state index is 0.0103. The molecule has 0 aliphatic carbocycles. The van der Waals surface area contributed by atoms with Crippen LogP contribution in [0.3, 0.4) is 0 Å². The Balaban J connectivity index is 2.21. The van der Waals surface area contributed by atoms with Crippen molar-refractivity contribution < 1.29 is 29.5 Å². The summed E-state index contributed by atoms with van der Waals surface area (Å²) < 4.78 is 0. The van der Waals surface area contributed by atoms with Crippen molar-refractivity contribution >= 4 is 29.8 Å². The number of carbonyl (C=O) groups is 4. The molecule has 10 nitrogen and oxygen atoms in total. The number of imide groups is 1. The number of nitrogens with zero attached hydrogens (tertiary/aromatic N) is 1. The highest BCUT2D eigenvalue weighted by molar-refractivity contribution is 6.05. The van der Waals surface area contributed by atoms with E-state index < -0.39 is 48.2 Å². The van der Waals surface area contributed by atoms with Crippen LogP contribution in [0.1, 0.15) is 32.3 Å². The molecule has 0 unspecified atom stereocenters. The summed E-state index contributed by atoms with van der Waals surface area (Å²) in [6, 6.07) is 7.36. The van der Waals surface area contributed by atoms with E-state index in [-0.39, 0.29) is 18.8 Å². The Bertz CT molecular complexity index is 826. The zero-order chi connectivity index (χ0) is 23.0. The monoisotopic (exact) mass is 432 g/mol. The number of rotatable bonds is 10. The summed E-state index contributed by atoms with van der Waals surface area (Å²) in [4.78, 5) is 49.5. The van der Waals surface area contributed by atoms with Gasteiger partial charge in [0, 0.05) is 0 Å². The molecule has 1 aromatic rings. The molecule has 5 amide bonds. The van der Waals surface area contributed by atoms with Crippen molar-refractivity contribution in [2.24, 2.45) is 17.8 Å². The van der Waals surface area contributed by atoms with Gasteiger partial charge in [0.1, 0.15) is 6.04 Å². The van der Waals surface area contributed by atoms with Gasteiger partial charge in [-0.15, -0.1) is 0 Å². The zero-order valence-electron chi connectivity index (χ0n) is 17.4. The number of aliphatic hydroxyl groups is 1. The molecular formula is C21H28N4O6. The highest BCUT2D eigenvalue weighted by atomic mass is 16.5. The van der Waals surface area contributed by atoms with E-state index in [9.17, 15) is 24.4 Å². The first kappa shape index (κ1) is 24.0. The van der Waals surface area contributed by atoms with Crippen LogP contribution in [0.15, 0.2) is 36.4 Å². The van der Waals surface area contributed by atoms with Gasteiger partial charge in [0.2, 0.25) is 11.8 Å². The molecule has 168 valence electrons. The number of carbonyl (C=O) groups excluding carboxylic acids is 4. The van der Waals surface area contributed by atoms with Gasteiger partial charge in [-0.3, -0.25) is 25.0 Å². The summed E-state index contributed by atoms with van der Waals surface area (Å²) in [5.41, 5.74) is 4.76. The number of nitrogens with one attached hydrogen (secondary N) is 3. The summed E-state index contributed by atoms with van der Waals surface area (Å²) >= 11 is 0. The summed E-state index contributed by atoms with van der Waals surface area (Å²) in [7, 11) is 0. The fourth-order valence-electron chi connectivity index (χ4n) is 3.37. The number of hydrazine groups is 1. The van der Waals surface area contributed by atoms with Crippen molar-refractivity contribution in [2.45, 2.75) is 32.7 Å². The maximum absolute atomic E-state index is 13.0. The van der Waals surface area contributed by atoms with E-state index in [0.29, 0.717) is 5.01 Å². The van der Waals surface area contributed by atoms with Crippen LogP contribution in [0.4, 0.5) is 4.79 Å². The number of hydroxylamine groups is 1. The second kappa shape index (κ2) is 11.2. The second-order valence-electron chi connectivity index (χ2n) is 7.70. The fourth-order valence-corrected chi connectivity index (χ4v) is 3.37. The van der Waals surface area contributed by atoms with Crippen molar-refractivity contribution in [1.82, 2.24) is 21.2 Å². The number of urea groups is 1. The van der Waals surface area contributed by atoms with Crippen LogP contribution in [0.5, 0.6) is 0 Å². The van der Waals surface area contributed by atoms with Crippen LogP contribution in [0.25, 0.3) is 6.08 Å². The largest absolute Gasteiger partial charge is 0.394 e. The summed E-state index contributed by atoms with van der Waals surface area (Å²) in [6.07, 6.45) is 3.94. The lowest BCUT2D eigenvalue weighted by atomic mass is 9.82. The van der Waals surface area contributed by atoms with Crippen LogP contribution >= 0.6 is 0 Å². The third-order valence-electron chi connectivity index (χ3n) is 4.92. The van der Waals surface area contributed by atoms with Gasteiger partial charge >= 0.3 is 6.03 Å². The van der Waals surface area contributed by atoms with Crippen LogP contribution in [-0.2, 0) is 14.4 Å². The minimum Gasteiger partial charge on any atom is -0.394 e. The molecule has 0 bridgehead atoms. The normalized spacial score (nSPS) is 18.2. The first-order valence-corrected chi connectivity index (χ1v) is 9.99. The Morgan fingerprint density at radius 2 is 1.84 bits per heavy atom. The van der Waals surface area contributed by atoms with Crippen molar-refractivity contribution in [3.05, 3.63) is 42.0 Å². The molecule has 0 radical (unpaired) electrons. The van der Waals surface area contributed by atoms with Crippen LogP contribution < -0.4 is 16.2 Å². The number of allylic oxidation sites excluding steroid dienone is 1. The first-order valence-electron chi connectivity index (χ1n) is 9.99. The van der Waals surface area contributed by atoms with Crippen LogP contribution in [0, 0.1) is 17.8 Å². The number of benzene rings is 1. The molecule has 1 aromatic carbocycles. The molecule has 2 rings (SSSR count). The molecular weight excluding hydrogens is 404 g/mol. The molecule has 5 N–H and O–H groups in total. The maximum atomic E-state index is 13.0. The standard InChI is InChI=1S/C21H28N4O6/c1-13(2)11-16(18(27)23-25-20(29)17(12-26)22-21(25)30)15(19(28)24-31)10-6-9-14-7-4-3-5-8-14/h3-9,13,15-17,26,31H,10-12H2,1-2H3,(H,22,30)(H,23,27)(H,24,28)/b9-6+/t15-,16+,17-/m0/s1. The molecule has 1 heterocycles. The van der Waals surface area contributed by atoms with Gasteiger partial charge in [0.15, 0.2) is 0 Å². The molecule has 10 heteroatoms. The summed E-state index contributed by atoms with van der Waals surface area (Å²) in [6.45, 7) is 3.12. The van der Waals surface area contributed by atoms with E-state index in [2.05, 4.69) is 10.7 Å². The Morgan fingerprint density at radius 1 is 1.16 bits per heavy atom. The van der Waals surface area contributed by atoms with Crippen molar-refractivity contribution in [1.29, 1.82) is 0 Å². The van der Waals surface area contributed by atoms with Gasteiger partial charge in [-0.05, 0) is 24.3 Å². The van der Waals surface area contributed by atoms with Crippen molar-refractivity contribution in [3.63, 3.8) is 0 Å². The third kappa shape index (κ3) is 6.37. The van der Waals surface area contributed by atoms with Gasteiger partial charge in [-0.1, -0.05) is 56.3 Å². The summed E-state index contributed by atoms with van der Waals surface area (Å²) in [5, 5.41) is 21.1. The van der Waals surface area contributed by atoms with E-state index in [1.165, 1.54) is 0 Å². The molecule has 3 atom stereocenters. The summed E-state index contributed by atoms with van der Waals surface area (Å²) in [5.74, 6) is -4.11. The average molecular weight is 432 g/mol. The lowest BCUT2D eigenvalue weighted by Gasteiger charge is -2.27. The van der Waals surface area contributed by atoms with Gasteiger partial charge < -0.3 is 10.4 Å². The lowest BCUT2D eigenvalue weighted by molar-refractivity contribution is -0.144. The second-order valence-corrected chi connectivity index (χ2v) is 7.70. The minimum atomic E-state index is -1.14. The van der Waals surface area contributed by atoms with Crippen molar-refractivity contribution in [3.8, 4) is 0 Å². The number of amides is 5. The van der Waals surface area contributed by atoms with Crippen molar-refractivity contribution in [2.75, 3.05) is 6.61 Å². The molecule has 31 heavy (non-hydrogen) atoms. The van der Waals surface area contributed by atoms with E-state index in [4.69, 9.17) is 5.11 Å².